The van der Waals surface area contributed by atoms with Crippen LogP contribution in [0, 0.1) is 6.92 Å². The highest BCUT2D eigenvalue weighted by molar-refractivity contribution is 8.18. The maximum atomic E-state index is 13.1. The van der Waals surface area contributed by atoms with Gasteiger partial charge in [-0.2, -0.15) is 0 Å². The van der Waals surface area contributed by atoms with E-state index in [1.807, 2.05) is 55.5 Å². The van der Waals surface area contributed by atoms with Gasteiger partial charge in [0.15, 0.2) is 16.7 Å². The second-order valence-corrected chi connectivity index (χ2v) is 10.7. The van der Waals surface area contributed by atoms with E-state index in [0.29, 0.717) is 72.3 Å². The lowest BCUT2D eigenvalue weighted by atomic mass is 10.1. The van der Waals surface area contributed by atoms with Crippen molar-refractivity contribution in [1.29, 1.82) is 0 Å². The monoisotopic (exact) mass is 571 g/mol. The molecule has 0 spiro atoms. The Morgan fingerprint density at radius 2 is 1.80 bits per heavy atom. The Bertz CT molecular complexity index is 1480. The predicted octanol–water partition coefficient (Wildman–Crippen LogP) is 5.68. The number of morpholine rings is 1. The third-order valence-corrected chi connectivity index (χ3v) is 7.76. The summed E-state index contributed by atoms with van der Waals surface area (Å²) in [4.78, 5) is 34.5. The Labute approximate surface area is 244 Å². The maximum absolute atomic E-state index is 13.1. The van der Waals surface area contributed by atoms with Crippen molar-refractivity contribution in [3.8, 4) is 11.5 Å². The summed E-state index contributed by atoms with van der Waals surface area (Å²) in [6, 6.07) is 21.0. The van der Waals surface area contributed by atoms with Crippen LogP contribution in [0.2, 0.25) is 0 Å². The molecule has 3 aromatic rings. The highest BCUT2D eigenvalue weighted by Crippen LogP contribution is 2.35. The van der Waals surface area contributed by atoms with Gasteiger partial charge in [-0.3, -0.25) is 14.5 Å². The quantitative estimate of drug-likeness (QED) is 0.324. The van der Waals surface area contributed by atoms with Gasteiger partial charge in [0.05, 0.1) is 30.4 Å². The zero-order valence-corrected chi connectivity index (χ0v) is 24.3. The first-order valence-electron chi connectivity index (χ1n) is 13.6. The van der Waals surface area contributed by atoms with Crippen molar-refractivity contribution in [1.82, 2.24) is 9.80 Å². The summed E-state index contributed by atoms with van der Waals surface area (Å²) < 4.78 is 17.3. The minimum absolute atomic E-state index is 0.0455. The van der Waals surface area contributed by atoms with Crippen molar-refractivity contribution in [2.24, 2.45) is 4.99 Å². The predicted molar refractivity (Wildman–Crippen MR) is 162 cm³/mol. The molecule has 9 heteroatoms. The average Bonchev–Trinajstić information content (AvgIpc) is 3.25. The molecule has 0 aliphatic carbocycles. The molecule has 0 atom stereocenters. The molecular formula is C32H33N3O5S. The molecule has 5 rings (SSSR count). The van der Waals surface area contributed by atoms with E-state index >= 15 is 0 Å². The molecule has 0 radical (unpaired) electrons. The molecule has 2 heterocycles. The summed E-state index contributed by atoms with van der Waals surface area (Å²) in [5.41, 5.74) is 4.27. The van der Waals surface area contributed by atoms with Gasteiger partial charge in [-0.15, -0.1) is 0 Å². The number of ether oxygens (including phenoxy) is 3. The topological polar surface area (TPSA) is 80.7 Å². The molecule has 2 aliphatic rings. The van der Waals surface area contributed by atoms with Crippen LogP contribution >= 0.6 is 11.8 Å². The summed E-state index contributed by atoms with van der Waals surface area (Å²) >= 11 is 1.29. The van der Waals surface area contributed by atoms with E-state index in [9.17, 15) is 9.59 Å². The molecule has 0 saturated carbocycles. The van der Waals surface area contributed by atoms with Crippen LogP contribution in [0.4, 0.5) is 5.69 Å². The lowest BCUT2D eigenvalue weighted by Gasteiger charge is -2.26. The number of aliphatic imine (C=N–C) groups is 1. The number of thioether (sulfide) groups is 1. The van der Waals surface area contributed by atoms with Crippen LogP contribution in [0.3, 0.4) is 0 Å². The van der Waals surface area contributed by atoms with E-state index in [1.54, 1.807) is 24.1 Å². The largest absolute Gasteiger partial charge is 0.490 e. The maximum Gasteiger partial charge on any atom is 0.266 e. The lowest BCUT2D eigenvalue weighted by Crippen LogP contribution is -2.40. The Morgan fingerprint density at radius 1 is 1.02 bits per heavy atom. The smallest absolute Gasteiger partial charge is 0.266 e. The molecule has 41 heavy (non-hydrogen) atoms. The van der Waals surface area contributed by atoms with E-state index in [4.69, 9.17) is 19.2 Å². The summed E-state index contributed by atoms with van der Waals surface area (Å²) in [5, 5.41) is 0.542. The molecule has 212 valence electrons. The number of aryl methyl sites for hydroxylation is 1. The number of likely N-dealkylation sites (N-methyl/N-ethyl adjacent to an activating group) is 1. The number of rotatable bonds is 8. The van der Waals surface area contributed by atoms with Crippen molar-refractivity contribution in [2.75, 3.05) is 40.0 Å². The zero-order chi connectivity index (χ0) is 28.8. The van der Waals surface area contributed by atoms with Crippen molar-refractivity contribution in [3.63, 3.8) is 0 Å². The normalized spacial score (nSPS) is 17.4. The average molecular weight is 572 g/mol. The van der Waals surface area contributed by atoms with Gasteiger partial charge >= 0.3 is 0 Å². The van der Waals surface area contributed by atoms with Crippen molar-refractivity contribution in [2.45, 2.75) is 20.5 Å². The molecule has 2 aliphatic heterocycles. The summed E-state index contributed by atoms with van der Waals surface area (Å²) in [6.45, 7) is 7.13. The SMILES string of the molecule is CCOc1cc(/C=C2/SC(=Nc3cccc(C(=O)N4CCOCC4)c3)N(C)C2=O)ccc1OCc1ccc(C)cc1. The second-order valence-electron chi connectivity index (χ2n) is 9.74. The highest BCUT2D eigenvalue weighted by Gasteiger charge is 2.30. The minimum Gasteiger partial charge on any atom is -0.490 e. The Morgan fingerprint density at radius 3 is 2.56 bits per heavy atom. The molecule has 2 amide bonds. The van der Waals surface area contributed by atoms with Gasteiger partial charge in [-0.25, -0.2) is 4.99 Å². The van der Waals surface area contributed by atoms with Crippen LogP contribution in [0.15, 0.2) is 76.6 Å². The van der Waals surface area contributed by atoms with E-state index < -0.39 is 0 Å². The molecule has 0 unspecified atom stereocenters. The Hall–Kier alpha value is -4.08. The first kappa shape index (κ1) is 28.4. The fourth-order valence-electron chi connectivity index (χ4n) is 4.42. The zero-order valence-electron chi connectivity index (χ0n) is 23.5. The third kappa shape index (κ3) is 6.99. The Kier molecular flexibility index (Phi) is 9.06. The van der Waals surface area contributed by atoms with Gasteiger partial charge in [0.25, 0.3) is 11.8 Å². The number of hydrogen-bond acceptors (Lipinski definition) is 7. The van der Waals surface area contributed by atoms with Gasteiger partial charge in [0, 0.05) is 25.7 Å². The molecular weight excluding hydrogens is 538 g/mol. The first-order valence-corrected chi connectivity index (χ1v) is 14.4. The standard InChI is InChI=1S/C32H33N3O5S/c1-4-39-28-18-24(12-13-27(28)40-21-23-10-8-22(2)9-11-23)19-29-31(37)34(3)32(41-29)33-26-7-5-6-25(20-26)30(36)35-14-16-38-17-15-35/h5-13,18-20H,4,14-17,21H2,1-3H3/b29-19+,33-32?. The molecule has 2 saturated heterocycles. The van der Waals surface area contributed by atoms with Crippen LogP contribution in [0.25, 0.3) is 6.08 Å². The first-order chi connectivity index (χ1) is 19.9. The van der Waals surface area contributed by atoms with E-state index in [0.717, 1.165) is 11.1 Å². The van der Waals surface area contributed by atoms with E-state index in [-0.39, 0.29) is 11.8 Å². The summed E-state index contributed by atoms with van der Waals surface area (Å²) in [5.74, 6) is 1.07. The van der Waals surface area contributed by atoms with Crippen LogP contribution in [-0.4, -0.2) is 66.7 Å². The number of carbonyl (C=O) groups excluding carboxylic acids is 2. The van der Waals surface area contributed by atoms with Crippen molar-refractivity contribution in [3.05, 3.63) is 93.9 Å². The number of hydrogen-bond donors (Lipinski definition) is 0. The minimum atomic E-state index is -0.146. The van der Waals surface area contributed by atoms with Crippen molar-refractivity contribution >= 4 is 40.5 Å². The molecule has 3 aromatic carbocycles. The van der Waals surface area contributed by atoms with Gasteiger partial charge < -0.3 is 19.1 Å². The van der Waals surface area contributed by atoms with Crippen LogP contribution in [0.1, 0.15) is 34.0 Å². The number of benzene rings is 3. The third-order valence-electron chi connectivity index (χ3n) is 6.70. The van der Waals surface area contributed by atoms with Gasteiger partial charge in [-0.05, 0) is 73.1 Å². The molecule has 2 fully saturated rings. The van der Waals surface area contributed by atoms with Crippen molar-refractivity contribution < 1.29 is 23.8 Å². The molecule has 0 aromatic heterocycles. The molecule has 0 N–H and O–H groups in total. The molecule has 0 bridgehead atoms. The fourth-order valence-corrected chi connectivity index (χ4v) is 5.41. The lowest BCUT2D eigenvalue weighted by molar-refractivity contribution is -0.121. The van der Waals surface area contributed by atoms with E-state index in [1.165, 1.54) is 22.2 Å². The Balaban J connectivity index is 1.32. The van der Waals surface area contributed by atoms with Crippen LogP contribution in [-0.2, 0) is 16.1 Å². The van der Waals surface area contributed by atoms with Gasteiger partial charge in [0.1, 0.15) is 6.61 Å². The van der Waals surface area contributed by atoms with Crippen LogP contribution < -0.4 is 9.47 Å². The summed E-state index contributed by atoms with van der Waals surface area (Å²) in [6.07, 6.45) is 1.83. The highest BCUT2D eigenvalue weighted by atomic mass is 32.2. The number of amidine groups is 1. The number of amides is 2. The van der Waals surface area contributed by atoms with Gasteiger partial charge in [0.2, 0.25) is 0 Å². The van der Waals surface area contributed by atoms with E-state index in [2.05, 4.69) is 19.1 Å². The molecule has 8 nitrogen and oxygen atoms in total. The number of nitrogens with zero attached hydrogens (tertiary/aromatic N) is 3. The summed E-state index contributed by atoms with van der Waals surface area (Å²) in [7, 11) is 1.70. The fraction of sp³-hybridized carbons (Fsp3) is 0.281. The van der Waals surface area contributed by atoms with Crippen LogP contribution in [0.5, 0.6) is 11.5 Å². The van der Waals surface area contributed by atoms with Gasteiger partial charge in [-0.1, -0.05) is 42.0 Å². The second kappa shape index (κ2) is 13.1. The number of carbonyl (C=O) groups is 2.